The number of carbonyl (C=O) groups is 3. The Morgan fingerprint density at radius 1 is 1.03 bits per heavy atom. The molecule has 1 atom stereocenters. The number of nitrogens with one attached hydrogen (secondary N) is 1. The zero-order chi connectivity index (χ0) is 26.7. The molecule has 0 spiro atoms. The highest BCUT2D eigenvalue weighted by atomic mass is 16.4. The highest BCUT2D eigenvalue weighted by Gasteiger charge is 2.44. The van der Waals surface area contributed by atoms with Gasteiger partial charge in [-0.2, -0.15) is 0 Å². The van der Waals surface area contributed by atoms with E-state index in [1.807, 2.05) is 42.2 Å². The lowest BCUT2D eigenvalue weighted by Gasteiger charge is -2.41. The Kier molecular flexibility index (Phi) is 7.90. The molecule has 198 valence electrons. The Hall–Kier alpha value is -3.35. The second-order valence-electron chi connectivity index (χ2n) is 11.5. The lowest BCUT2D eigenvalue weighted by atomic mass is 9.71. The Bertz CT molecular complexity index is 1130. The van der Waals surface area contributed by atoms with E-state index in [0.717, 1.165) is 42.5 Å². The highest BCUT2D eigenvalue weighted by molar-refractivity contribution is 5.96. The van der Waals surface area contributed by atoms with Crippen molar-refractivity contribution in [1.82, 2.24) is 10.2 Å². The molecule has 1 heterocycles. The van der Waals surface area contributed by atoms with Crippen molar-refractivity contribution in [2.45, 2.75) is 71.9 Å². The molecule has 2 N–H and O–H groups in total. The van der Waals surface area contributed by atoms with Crippen molar-refractivity contribution in [2.24, 2.45) is 11.3 Å². The molecule has 0 radical (unpaired) electrons. The molecule has 3 amide bonds. The standard InChI is InChI=1S/C30H39N3O4/c1-20-6-5-7-25(18-20)32-19-26(21-8-10-22(11-9-21)28(36)31-17-16-27(34)35)33(29(32)37)24-14-12-23(13-15-24)30(2,3)4/h5-11,18,23-24,26H,12-17,19H2,1-4H3,(H,31,36)(H,34,35). The van der Waals surface area contributed by atoms with E-state index in [1.54, 1.807) is 12.1 Å². The van der Waals surface area contributed by atoms with Gasteiger partial charge in [0.15, 0.2) is 0 Å². The Balaban J connectivity index is 1.56. The van der Waals surface area contributed by atoms with Crippen molar-refractivity contribution < 1.29 is 19.5 Å². The van der Waals surface area contributed by atoms with Crippen molar-refractivity contribution in [1.29, 1.82) is 0 Å². The third-order valence-corrected chi connectivity index (χ3v) is 7.95. The number of nitrogens with zero attached hydrogens (tertiary/aromatic N) is 2. The number of amides is 3. The molecular weight excluding hydrogens is 466 g/mol. The van der Waals surface area contributed by atoms with E-state index in [4.69, 9.17) is 5.11 Å². The summed E-state index contributed by atoms with van der Waals surface area (Å²) in [6, 6.07) is 15.6. The van der Waals surface area contributed by atoms with Gasteiger partial charge in [0, 0.05) is 23.8 Å². The zero-order valence-electron chi connectivity index (χ0n) is 22.4. The predicted octanol–water partition coefficient (Wildman–Crippen LogP) is 5.79. The van der Waals surface area contributed by atoms with Crippen molar-refractivity contribution >= 4 is 23.6 Å². The zero-order valence-corrected chi connectivity index (χ0v) is 22.4. The average molecular weight is 506 g/mol. The number of carbonyl (C=O) groups excluding carboxylic acids is 2. The van der Waals surface area contributed by atoms with E-state index in [-0.39, 0.29) is 42.4 Å². The van der Waals surface area contributed by atoms with Crippen LogP contribution in [0.4, 0.5) is 10.5 Å². The number of anilines is 1. The molecule has 1 aliphatic carbocycles. The lowest BCUT2D eigenvalue weighted by molar-refractivity contribution is -0.136. The van der Waals surface area contributed by atoms with Crippen molar-refractivity contribution in [2.75, 3.05) is 18.0 Å². The number of urea groups is 1. The fourth-order valence-electron chi connectivity index (χ4n) is 5.76. The van der Waals surface area contributed by atoms with Crippen molar-refractivity contribution in [3.63, 3.8) is 0 Å². The molecule has 2 aromatic rings. The predicted molar refractivity (Wildman–Crippen MR) is 145 cm³/mol. The van der Waals surface area contributed by atoms with Gasteiger partial charge < -0.3 is 15.3 Å². The summed E-state index contributed by atoms with van der Waals surface area (Å²) in [6.45, 7) is 9.60. The summed E-state index contributed by atoms with van der Waals surface area (Å²) in [5.41, 5.74) is 3.78. The van der Waals surface area contributed by atoms with E-state index >= 15 is 0 Å². The second-order valence-corrected chi connectivity index (χ2v) is 11.5. The summed E-state index contributed by atoms with van der Waals surface area (Å²) in [4.78, 5) is 41.0. The van der Waals surface area contributed by atoms with Gasteiger partial charge in [-0.25, -0.2) is 4.79 Å². The molecule has 0 bridgehead atoms. The van der Waals surface area contributed by atoms with Crippen LogP contribution in [0.1, 0.15) is 80.4 Å². The number of rotatable bonds is 7. The average Bonchev–Trinajstić information content (AvgIpc) is 3.20. The van der Waals surface area contributed by atoms with Crippen molar-refractivity contribution in [3.05, 3.63) is 65.2 Å². The molecule has 37 heavy (non-hydrogen) atoms. The number of carboxylic acids is 1. The van der Waals surface area contributed by atoms with Crippen LogP contribution in [-0.2, 0) is 4.79 Å². The minimum absolute atomic E-state index is 0.0466. The first kappa shape index (κ1) is 26.7. The summed E-state index contributed by atoms with van der Waals surface area (Å²) < 4.78 is 0. The SMILES string of the molecule is Cc1cccc(N2CC(c3ccc(C(=O)NCCC(=O)O)cc3)N(C3CCC(C(C)(C)C)CC3)C2=O)c1. The van der Waals surface area contributed by atoms with Gasteiger partial charge in [0.05, 0.1) is 19.0 Å². The summed E-state index contributed by atoms with van der Waals surface area (Å²) in [5.74, 6) is -0.586. The monoisotopic (exact) mass is 505 g/mol. The summed E-state index contributed by atoms with van der Waals surface area (Å²) in [5, 5.41) is 11.4. The minimum atomic E-state index is -0.948. The molecule has 1 saturated heterocycles. The molecular formula is C30H39N3O4. The number of carboxylic acid groups (broad SMARTS) is 1. The maximum atomic E-state index is 13.9. The number of aryl methyl sites for hydroxylation is 1. The number of hydrogen-bond acceptors (Lipinski definition) is 3. The Morgan fingerprint density at radius 2 is 1.70 bits per heavy atom. The van der Waals surface area contributed by atoms with E-state index < -0.39 is 5.97 Å². The largest absolute Gasteiger partial charge is 0.481 e. The van der Waals surface area contributed by atoms with Crippen LogP contribution in [0.25, 0.3) is 0 Å². The fraction of sp³-hybridized carbons (Fsp3) is 0.500. The minimum Gasteiger partial charge on any atom is -0.481 e. The molecule has 7 heteroatoms. The van der Waals surface area contributed by atoms with Crippen LogP contribution < -0.4 is 10.2 Å². The molecule has 7 nitrogen and oxygen atoms in total. The van der Waals surface area contributed by atoms with Crippen LogP contribution in [0.15, 0.2) is 48.5 Å². The molecule has 1 aliphatic heterocycles. The van der Waals surface area contributed by atoms with Gasteiger partial charge in [0.1, 0.15) is 0 Å². The van der Waals surface area contributed by atoms with Crippen LogP contribution in [-0.4, -0.2) is 47.0 Å². The molecule has 1 unspecified atom stereocenters. The Morgan fingerprint density at radius 3 is 2.30 bits per heavy atom. The summed E-state index contributed by atoms with van der Waals surface area (Å²) >= 11 is 0. The second kappa shape index (κ2) is 11.0. The third kappa shape index (κ3) is 6.14. The summed E-state index contributed by atoms with van der Waals surface area (Å²) in [6.07, 6.45) is 4.11. The first-order valence-corrected chi connectivity index (χ1v) is 13.3. The molecule has 2 aliphatic rings. The van der Waals surface area contributed by atoms with Gasteiger partial charge >= 0.3 is 12.0 Å². The van der Waals surface area contributed by atoms with E-state index in [9.17, 15) is 14.4 Å². The van der Waals surface area contributed by atoms with Crippen LogP contribution in [0.2, 0.25) is 0 Å². The maximum absolute atomic E-state index is 13.9. The van der Waals surface area contributed by atoms with Gasteiger partial charge in [-0.1, -0.05) is 45.0 Å². The molecule has 0 aromatic heterocycles. The van der Waals surface area contributed by atoms with Crippen LogP contribution in [0.3, 0.4) is 0 Å². The summed E-state index contributed by atoms with van der Waals surface area (Å²) in [7, 11) is 0. The van der Waals surface area contributed by atoms with Crippen LogP contribution >= 0.6 is 0 Å². The van der Waals surface area contributed by atoms with Gasteiger partial charge in [0.25, 0.3) is 5.91 Å². The van der Waals surface area contributed by atoms with E-state index in [1.165, 1.54) is 0 Å². The van der Waals surface area contributed by atoms with Crippen molar-refractivity contribution in [3.8, 4) is 0 Å². The van der Waals surface area contributed by atoms with Gasteiger partial charge in [0.2, 0.25) is 0 Å². The smallest absolute Gasteiger partial charge is 0.325 e. The number of hydrogen-bond donors (Lipinski definition) is 2. The van der Waals surface area contributed by atoms with E-state index in [2.05, 4.69) is 37.1 Å². The topological polar surface area (TPSA) is 89.9 Å². The molecule has 2 fully saturated rings. The van der Waals surface area contributed by atoms with Gasteiger partial charge in [-0.3, -0.25) is 14.5 Å². The van der Waals surface area contributed by atoms with Crippen LogP contribution in [0, 0.1) is 18.3 Å². The quantitative estimate of drug-likeness (QED) is 0.499. The number of benzene rings is 2. The normalized spacial score (nSPS) is 22.3. The van der Waals surface area contributed by atoms with Gasteiger partial charge in [-0.05, 0) is 79.3 Å². The van der Waals surface area contributed by atoms with E-state index in [0.29, 0.717) is 18.0 Å². The first-order chi connectivity index (χ1) is 17.5. The Labute approximate surface area is 219 Å². The lowest BCUT2D eigenvalue weighted by Crippen LogP contribution is -2.43. The maximum Gasteiger partial charge on any atom is 0.325 e. The highest BCUT2D eigenvalue weighted by Crippen LogP contribution is 2.43. The fourth-order valence-corrected chi connectivity index (χ4v) is 5.76. The molecule has 4 rings (SSSR count). The molecule has 1 saturated carbocycles. The van der Waals surface area contributed by atoms with Gasteiger partial charge in [-0.15, -0.1) is 0 Å². The third-order valence-electron chi connectivity index (χ3n) is 7.95. The first-order valence-electron chi connectivity index (χ1n) is 13.3. The van der Waals surface area contributed by atoms with Crippen LogP contribution in [0.5, 0.6) is 0 Å². The number of aliphatic carboxylic acids is 1. The molecule has 2 aromatic carbocycles.